The Morgan fingerprint density at radius 1 is 1.22 bits per heavy atom. The number of furan rings is 1. The van der Waals surface area contributed by atoms with Gasteiger partial charge in [-0.2, -0.15) is 0 Å². The summed E-state index contributed by atoms with van der Waals surface area (Å²) in [5.74, 6) is 0. The topological polar surface area (TPSA) is 34.4 Å². The molecule has 96 valence electrons. The van der Waals surface area contributed by atoms with Crippen LogP contribution >= 0.6 is 11.6 Å². The maximum atomic E-state index is 6.15. The first-order valence-electron chi connectivity index (χ1n) is 6.31. The number of benzene rings is 1. The van der Waals surface area contributed by atoms with Crippen LogP contribution in [0.5, 0.6) is 0 Å². The molecule has 3 rings (SSSR count). The highest BCUT2D eigenvalue weighted by Crippen LogP contribution is 2.29. The third-order valence-corrected chi connectivity index (χ3v) is 3.74. The number of ether oxygens (including phenoxy) is 1. The van der Waals surface area contributed by atoms with Crippen molar-refractivity contribution in [3.63, 3.8) is 0 Å². The Labute approximate surface area is 111 Å². The summed E-state index contributed by atoms with van der Waals surface area (Å²) in [6.07, 6.45) is 2.13. The number of halogens is 1. The molecule has 0 aliphatic carbocycles. The van der Waals surface area contributed by atoms with Gasteiger partial charge in [-0.15, -0.1) is 0 Å². The highest BCUT2D eigenvalue weighted by atomic mass is 35.5. The maximum Gasteiger partial charge on any atom is 0.199 e. The summed E-state index contributed by atoms with van der Waals surface area (Å²) < 4.78 is 10.9. The van der Waals surface area contributed by atoms with Crippen molar-refractivity contribution >= 4 is 22.6 Å². The molecule has 18 heavy (non-hydrogen) atoms. The normalized spacial score (nSPS) is 17.4. The van der Waals surface area contributed by atoms with Gasteiger partial charge in [-0.1, -0.05) is 18.2 Å². The van der Waals surface area contributed by atoms with Crippen molar-refractivity contribution in [1.82, 2.24) is 5.32 Å². The first-order valence-corrected chi connectivity index (χ1v) is 6.69. The van der Waals surface area contributed by atoms with Crippen molar-refractivity contribution < 1.29 is 9.15 Å². The summed E-state index contributed by atoms with van der Waals surface area (Å²) in [6.45, 7) is 2.44. The van der Waals surface area contributed by atoms with Gasteiger partial charge >= 0.3 is 0 Å². The third-order valence-electron chi connectivity index (χ3n) is 3.44. The van der Waals surface area contributed by atoms with Gasteiger partial charge in [-0.3, -0.25) is 0 Å². The lowest BCUT2D eigenvalue weighted by molar-refractivity contribution is 0.0776. The molecule has 2 aromatic rings. The molecule has 0 atom stereocenters. The van der Waals surface area contributed by atoms with E-state index in [1.165, 1.54) is 0 Å². The van der Waals surface area contributed by atoms with E-state index in [1.54, 1.807) is 0 Å². The Bertz CT molecular complexity index is 532. The summed E-state index contributed by atoms with van der Waals surface area (Å²) in [6, 6.07) is 8.47. The molecule has 1 aromatic heterocycles. The van der Waals surface area contributed by atoms with E-state index in [-0.39, 0.29) is 0 Å². The van der Waals surface area contributed by atoms with Gasteiger partial charge in [0.15, 0.2) is 5.22 Å². The average Bonchev–Trinajstić information content (AvgIpc) is 2.73. The van der Waals surface area contributed by atoms with E-state index in [0.717, 1.165) is 49.1 Å². The van der Waals surface area contributed by atoms with Crippen LogP contribution in [0.4, 0.5) is 0 Å². The fourth-order valence-corrected chi connectivity index (χ4v) is 2.63. The van der Waals surface area contributed by atoms with Crippen molar-refractivity contribution in [2.45, 2.75) is 25.4 Å². The van der Waals surface area contributed by atoms with Crippen molar-refractivity contribution in [2.24, 2.45) is 0 Å². The monoisotopic (exact) mass is 265 g/mol. The predicted octanol–water partition coefficient (Wildman–Crippen LogP) is 3.35. The molecule has 0 unspecified atom stereocenters. The lowest BCUT2D eigenvalue weighted by Crippen LogP contribution is -2.34. The standard InChI is InChI=1S/C14H16ClNO2/c15-14-12(9-16-10-5-7-17-8-6-10)11-3-1-2-4-13(11)18-14/h1-4,10,16H,5-9H2. The van der Waals surface area contributed by atoms with Gasteiger partial charge in [-0.05, 0) is 30.5 Å². The molecule has 0 spiro atoms. The molecular weight excluding hydrogens is 250 g/mol. The molecule has 1 aliphatic rings. The molecule has 2 heterocycles. The summed E-state index contributed by atoms with van der Waals surface area (Å²) in [4.78, 5) is 0. The van der Waals surface area contributed by atoms with Crippen LogP contribution in [0.25, 0.3) is 11.0 Å². The SMILES string of the molecule is Clc1oc2ccccc2c1CNC1CCOCC1. The van der Waals surface area contributed by atoms with Crippen molar-refractivity contribution in [3.8, 4) is 0 Å². The first-order chi connectivity index (χ1) is 8.84. The quantitative estimate of drug-likeness (QED) is 0.924. The molecule has 1 N–H and O–H groups in total. The maximum absolute atomic E-state index is 6.15. The average molecular weight is 266 g/mol. The third kappa shape index (κ3) is 2.39. The minimum atomic E-state index is 0.496. The molecule has 1 saturated heterocycles. The van der Waals surface area contributed by atoms with Crippen LogP contribution < -0.4 is 5.32 Å². The number of hydrogen-bond acceptors (Lipinski definition) is 3. The molecule has 0 bridgehead atoms. The van der Waals surface area contributed by atoms with Crippen molar-refractivity contribution in [3.05, 3.63) is 35.0 Å². The second-order valence-corrected chi connectivity index (χ2v) is 4.96. The van der Waals surface area contributed by atoms with Crippen LogP contribution in [0.3, 0.4) is 0 Å². The van der Waals surface area contributed by atoms with Crippen LogP contribution in [-0.2, 0) is 11.3 Å². The zero-order valence-electron chi connectivity index (χ0n) is 10.1. The zero-order valence-corrected chi connectivity index (χ0v) is 10.9. The fourth-order valence-electron chi connectivity index (χ4n) is 2.38. The molecule has 1 aromatic carbocycles. The highest BCUT2D eigenvalue weighted by molar-refractivity contribution is 6.30. The zero-order chi connectivity index (χ0) is 12.4. The summed E-state index contributed by atoms with van der Waals surface area (Å²) in [5.41, 5.74) is 1.91. The lowest BCUT2D eigenvalue weighted by atomic mass is 10.1. The van der Waals surface area contributed by atoms with Crippen LogP contribution in [0.15, 0.2) is 28.7 Å². The minimum Gasteiger partial charge on any atom is -0.444 e. The Hall–Kier alpha value is -1.03. The van der Waals surface area contributed by atoms with E-state index < -0.39 is 0 Å². The molecule has 1 fully saturated rings. The second-order valence-electron chi connectivity index (χ2n) is 4.62. The van der Waals surface area contributed by atoms with Gasteiger partial charge < -0.3 is 14.5 Å². The Morgan fingerprint density at radius 3 is 2.83 bits per heavy atom. The number of fused-ring (bicyclic) bond motifs is 1. The molecular formula is C14H16ClNO2. The fraction of sp³-hybridized carbons (Fsp3) is 0.429. The van der Waals surface area contributed by atoms with E-state index in [1.807, 2.05) is 24.3 Å². The Morgan fingerprint density at radius 2 is 2.00 bits per heavy atom. The second kappa shape index (κ2) is 5.31. The number of para-hydroxylation sites is 1. The molecule has 4 heteroatoms. The lowest BCUT2D eigenvalue weighted by Gasteiger charge is -2.23. The molecule has 0 saturated carbocycles. The highest BCUT2D eigenvalue weighted by Gasteiger charge is 2.16. The van der Waals surface area contributed by atoms with Gasteiger partial charge in [-0.25, -0.2) is 0 Å². The molecule has 3 nitrogen and oxygen atoms in total. The van der Waals surface area contributed by atoms with Gasteiger partial charge in [0, 0.05) is 36.8 Å². The summed E-state index contributed by atoms with van der Waals surface area (Å²) >= 11 is 6.15. The predicted molar refractivity (Wildman–Crippen MR) is 71.9 cm³/mol. The Kier molecular flexibility index (Phi) is 3.55. The van der Waals surface area contributed by atoms with Crippen molar-refractivity contribution in [2.75, 3.05) is 13.2 Å². The van der Waals surface area contributed by atoms with Gasteiger partial charge in [0.05, 0.1) is 0 Å². The van der Waals surface area contributed by atoms with E-state index in [2.05, 4.69) is 5.32 Å². The van der Waals surface area contributed by atoms with Gasteiger partial charge in [0.2, 0.25) is 0 Å². The smallest absolute Gasteiger partial charge is 0.199 e. The number of hydrogen-bond donors (Lipinski definition) is 1. The van der Waals surface area contributed by atoms with Crippen LogP contribution in [-0.4, -0.2) is 19.3 Å². The van der Waals surface area contributed by atoms with Gasteiger partial charge in [0.25, 0.3) is 0 Å². The molecule has 0 radical (unpaired) electrons. The summed E-state index contributed by atoms with van der Waals surface area (Å²) in [7, 11) is 0. The molecule has 1 aliphatic heterocycles. The van der Waals surface area contributed by atoms with Crippen LogP contribution in [0.2, 0.25) is 5.22 Å². The van der Waals surface area contributed by atoms with E-state index >= 15 is 0 Å². The van der Waals surface area contributed by atoms with E-state index in [9.17, 15) is 0 Å². The Balaban J connectivity index is 1.75. The summed E-state index contributed by atoms with van der Waals surface area (Å²) in [5, 5.41) is 5.13. The minimum absolute atomic E-state index is 0.496. The molecule has 0 amide bonds. The van der Waals surface area contributed by atoms with Crippen LogP contribution in [0, 0.1) is 0 Å². The van der Waals surface area contributed by atoms with Gasteiger partial charge in [0.1, 0.15) is 5.58 Å². The largest absolute Gasteiger partial charge is 0.444 e. The van der Waals surface area contributed by atoms with E-state index in [0.29, 0.717) is 11.3 Å². The first kappa shape index (κ1) is 12.0. The number of nitrogens with one attached hydrogen (secondary N) is 1. The number of rotatable bonds is 3. The van der Waals surface area contributed by atoms with E-state index in [4.69, 9.17) is 20.8 Å². The van der Waals surface area contributed by atoms with Crippen LogP contribution in [0.1, 0.15) is 18.4 Å². The van der Waals surface area contributed by atoms with Crippen molar-refractivity contribution in [1.29, 1.82) is 0 Å².